The lowest BCUT2D eigenvalue weighted by Gasteiger charge is -2.18. The fourth-order valence-corrected chi connectivity index (χ4v) is 2.01. The van der Waals surface area contributed by atoms with Gasteiger partial charge in [0.25, 0.3) is 6.43 Å². The third kappa shape index (κ3) is 4.74. The average Bonchev–Trinajstić information content (AvgIpc) is 2.36. The molecule has 108 valence electrons. The molecule has 1 N–H and O–H groups in total. The smallest absolute Gasteiger partial charge is 0.261 e. The summed E-state index contributed by atoms with van der Waals surface area (Å²) in [5.41, 5.74) is -0.127. The predicted octanol–water partition coefficient (Wildman–Crippen LogP) is 3.66. The van der Waals surface area contributed by atoms with Crippen LogP contribution in [-0.2, 0) is 4.74 Å². The van der Waals surface area contributed by atoms with Crippen LogP contribution in [0.2, 0.25) is 0 Å². The number of hydrogen-bond acceptors (Lipinski definition) is 2. The van der Waals surface area contributed by atoms with E-state index in [1.54, 1.807) is 0 Å². The highest BCUT2D eigenvalue weighted by Gasteiger charge is 2.20. The molecule has 1 unspecified atom stereocenters. The molecule has 2 nitrogen and oxygen atoms in total. The Hall–Kier alpha value is -0.660. The summed E-state index contributed by atoms with van der Waals surface area (Å²) in [7, 11) is 1.54. The topological polar surface area (TPSA) is 21.3 Å². The molecule has 7 heteroatoms. The molecule has 1 rings (SSSR count). The third-order valence-electron chi connectivity index (χ3n) is 2.57. The van der Waals surface area contributed by atoms with Crippen molar-refractivity contribution < 1.29 is 22.3 Å². The van der Waals surface area contributed by atoms with Gasteiger partial charge in [-0.15, -0.1) is 0 Å². The second kappa shape index (κ2) is 7.81. The van der Waals surface area contributed by atoms with Gasteiger partial charge < -0.3 is 10.1 Å². The van der Waals surface area contributed by atoms with Crippen LogP contribution in [0.25, 0.3) is 0 Å². The van der Waals surface area contributed by atoms with Crippen LogP contribution in [0.5, 0.6) is 0 Å². The summed E-state index contributed by atoms with van der Waals surface area (Å²) in [6, 6.07) is 1.77. The Bertz CT molecular complexity index is 417. The van der Waals surface area contributed by atoms with Gasteiger partial charge in [-0.3, -0.25) is 0 Å². The molecular weight excluding hydrogens is 330 g/mol. The number of halogens is 5. The minimum absolute atomic E-state index is 0.0127. The van der Waals surface area contributed by atoms with Crippen molar-refractivity contribution in [3.8, 4) is 0 Å². The van der Waals surface area contributed by atoms with E-state index >= 15 is 0 Å². The van der Waals surface area contributed by atoms with Crippen molar-refractivity contribution in [3.63, 3.8) is 0 Å². The highest BCUT2D eigenvalue weighted by molar-refractivity contribution is 9.10. The molecule has 0 radical (unpaired) electrons. The molecule has 0 amide bonds. The van der Waals surface area contributed by atoms with Crippen molar-refractivity contribution in [2.24, 2.45) is 0 Å². The monoisotopic (exact) mass is 343 g/mol. The van der Waals surface area contributed by atoms with E-state index in [-0.39, 0.29) is 23.1 Å². The fraction of sp³-hybridized carbons (Fsp3) is 0.500. The van der Waals surface area contributed by atoms with Gasteiger partial charge in [0.15, 0.2) is 0 Å². The Labute approximate surface area is 117 Å². The Kier molecular flexibility index (Phi) is 6.74. The van der Waals surface area contributed by atoms with Crippen molar-refractivity contribution in [3.05, 3.63) is 33.8 Å². The molecule has 0 heterocycles. The molecule has 1 aromatic rings. The van der Waals surface area contributed by atoms with Gasteiger partial charge in [0, 0.05) is 18.2 Å². The predicted molar refractivity (Wildman–Crippen MR) is 67.3 cm³/mol. The van der Waals surface area contributed by atoms with Crippen LogP contribution >= 0.6 is 15.9 Å². The molecule has 0 bridgehead atoms. The van der Waals surface area contributed by atoms with E-state index < -0.39 is 30.7 Å². The van der Waals surface area contributed by atoms with E-state index in [4.69, 9.17) is 4.74 Å². The lowest BCUT2D eigenvalue weighted by Crippen LogP contribution is -2.21. The van der Waals surface area contributed by atoms with Crippen LogP contribution in [0.3, 0.4) is 0 Å². The van der Waals surface area contributed by atoms with E-state index in [0.717, 1.165) is 6.07 Å². The minimum atomic E-state index is -2.55. The van der Waals surface area contributed by atoms with Crippen molar-refractivity contribution in [2.45, 2.75) is 18.9 Å². The third-order valence-corrected chi connectivity index (χ3v) is 3.18. The van der Waals surface area contributed by atoms with E-state index in [1.807, 2.05) is 0 Å². The first-order chi connectivity index (χ1) is 8.97. The van der Waals surface area contributed by atoms with Gasteiger partial charge >= 0.3 is 0 Å². The second-order valence-electron chi connectivity index (χ2n) is 3.85. The second-order valence-corrected chi connectivity index (χ2v) is 4.71. The van der Waals surface area contributed by atoms with Crippen LogP contribution in [0.4, 0.5) is 17.6 Å². The normalized spacial score (nSPS) is 13.0. The molecule has 0 fully saturated rings. The molecule has 0 aliphatic carbocycles. The van der Waals surface area contributed by atoms with Crippen molar-refractivity contribution in [2.75, 3.05) is 20.3 Å². The zero-order chi connectivity index (χ0) is 14.4. The molecule has 0 saturated heterocycles. The number of hydrogen-bond donors (Lipinski definition) is 1. The number of alkyl halides is 2. The summed E-state index contributed by atoms with van der Waals surface area (Å²) in [5, 5.41) is 2.75. The first-order valence-corrected chi connectivity index (χ1v) is 6.43. The van der Waals surface area contributed by atoms with E-state index in [0.29, 0.717) is 0 Å². The summed E-state index contributed by atoms with van der Waals surface area (Å²) in [6.45, 7) is -0.693. The Morgan fingerprint density at radius 1 is 1.32 bits per heavy atom. The molecule has 1 aromatic carbocycles. The van der Waals surface area contributed by atoms with Gasteiger partial charge in [0.05, 0.1) is 4.47 Å². The Balaban J connectivity index is 2.72. The van der Waals surface area contributed by atoms with Crippen LogP contribution in [0.1, 0.15) is 18.0 Å². The SMILES string of the molecule is CNC(CCOCC(F)F)c1c(F)ccc(Br)c1F. The molecule has 0 spiro atoms. The van der Waals surface area contributed by atoms with Gasteiger partial charge in [-0.1, -0.05) is 0 Å². The van der Waals surface area contributed by atoms with Crippen LogP contribution in [0.15, 0.2) is 16.6 Å². The molecule has 0 aromatic heterocycles. The average molecular weight is 344 g/mol. The van der Waals surface area contributed by atoms with Gasteiger partial charge in [0.1, 0.15) is 18.2 Å². The number of nitrogens with one attached hydrogen (secondary N) is 1. The summed E-state index contributed by atoms with van der Waals surface area (Å²) in [5.74, 6) is -1.39. The summed E-state index contributed by atoms with van der Waals surface area (Å²) < 4.78 is 56.1. The van der Waals surface area contributed by atoms with Crippen molar-refractivity contribution in [1.29, 1.82) is 0 Å². The highest BCUT2D eigenvalue weighted by atomic mass is 79.9. The van der Waals surface area contributed by atoms with Crippen LogP contribution < -0.4 is 5.32 Å². The van der Waals surface area contributed by atoms with Crippen LogP contribution in [0, 0.1) is 11.6 Å². The number of benzene rings is 1. The van der Waals surface area contributed by atoms with Gasteiger partial charge in [-0.05, 0) is 41.5 Å². The molecule has 19 heavy (non-hydrogen) atoms. The molecular formula is C12H14BrF4NO. The first-order valence-electron chi connectivity index (χ1n) is 5.64. The zero-order valence-corrected chi connectivity index (χ0v) is 11.8. The largest absolute Gasteiger partial charge is 0.375 e. The Morgan fingerprint density at radius 2 is 2.00 bits per heavy atom. The molecule has 0 aliphatic rings. The molecule has 0 saturated carbocycles. The van der Waals surface area contributed by atoms with Crippen LogP contribution in [-0.4, -0.2) is 26.7 Å². The number of ether oxygens (including phenoxy) is 1. The van der Waals surface area contributed by atoms with Gasteiger partial charge in [-0.25, -0.2) is 17.6 Å². The highest BCUT2D eigenvalue weighted by Crippen LogP contribution is 2.28. The molecule has 1 atom stereocenters. The van der Waals surface area contributed by atoms with Crippen molar-refractivity contribution >= 4 is 15.9 Å². The standard InChI is InChI=1S/C12H14BrF4NO/c1-18-9(4-5-19-6-10(15)16)11-8(14)3-2-7(13)12(11)17/h2-3,9-10,18H,4-6H2,1H3. The maximum absolute atomic E-state index is 13.8. The van der Waals surface area contributed by atoms with Crippen molar-refractivity contribution in [1.82, 2.24) is 5.32 Å². The zero-order valence-electron chi connectivity index (χ0n) is 10.2. The quantitative estimate of drug-likeness (QED) is 0.463. The lowest BCUT2D eigenvalue weighted by molar-refractivity contribution is 0.0144. The molecule has 0 aliphatic heterocycles. The fourth-order valence-electron chi connectivity index (χ4n) is 1.67. The summed E-state index contributed by atoms with van der Waals surface area (Å²) in [6.07, 6.45) is -2.36. The lowest BCUT2D eigenvalue weighted by atomic mass is 10.0. The maximum Gasteiger partial charge on any atom is 0.261 e. The van der Waals surface area contributed by atoms with E-state index in [1.165, 1.54) is 13.1 Å². The Morgan fingerprint density at radius 3 is 2.58 bits per heavy atom. The maximum atomic E-state index is 13.8. The first kappa shape index (κ1) is 16.4. The minimum Gasteiger partial charge on any atom is -0.375 e. The number of rotatable bonds is 7. The summed E-state index contributed by atoms with van der Waals surface area (Å²) >= 11 is 2.98. The van der Waals surface area contributed by atoms with Gasteiger partial charge in [-0.2, -0.15) is 0 Å². The van der Waals surface area contributed by atoms with E-state index in [2.05, 4.69) is 21.2 Å². The summed E-state index contributed by atoms with van der Waals surface area (Å²) in [4.78, 5) is 0. The van der Waals surface area contributed by atoms with E-state index in [9.17, 15) is 17.6 Å². The van der Waals surface area contributed by atoms with Gasteiger partial charge in [0.2, 0.25) is 0 Å².